The molecule has 4 heterocycles. The van der Waals surface area contributed by atoms with Crippen LogP contribution in [0.4, 0.5) is 0 Å². The van der Waals surface area contributed by atoms with Crippen LogP contribution in [-0.2, 0) is 0 Å². The van der Waals surface area contributed by atoms with Crippen LogP contribution in [0.1, 0.15) is 20.3 Å². The van der Waals surface area contributed by atoms with Crippen LogP contribution in [0.3, 0.4) is 0 Å². The van der Waals surface area contributed by atoms with Crippen LogP contribution in [0, 0.1) is 10.8 Å². The Labute approximate surface area is 119 Å². The van der Waals surface area contributed by atoms with E-state index < -0.39 is 24.9 Å². The number of aliphatic hydroxyl groups excluding tert-OH is 4. The molecule has 6 heteroatoms. The Morgan fingerprint density at radius 2 is 1.45 bits per heavy atom. The van der Waals surface area contributed by atoms with Crippen molar-refractivity contribution in [2.45, 2.75) is 44.7 Å². The Hall–Kier alpha value is -0.240. The molecule has 4 fully saturated rings. The second-order valence-electron chi connectivity index (χ2n) is 7.75. The fraction of sp³-hybridized carbons (Fsp3) is 1.00. The number of piperidine rings is 2. The van der Waals surface area contributed by atoms with Crippen LogP contribution >= 0.6 is 0 Å². The molecule has 0 aromatic carbocycles. The summed E-state index contributed by atoms with van der Waals surface area (Å²) in [4.78, 5) is 4.46. The summed E-state index contributed by atoms with van der Waals surface area (Å²) < 4.78 is 0. The summed E-state index contributed by atoms with van der Waals surface area (Å²) in [5.74, 6) is 0. The molecule has 4 N–H and O–H groups in total. The summed E-state index contributed by atoms with van der Waals surface area (Å²) in [5.41, 5.74) is 0.504. The van der Waals surface area contributed by atoms with E-state index in [0.29, 0.717) is 0 Å². The van der Waals surface area contributed by atoms with Gasteiger partial charge >= 0.3 is 0 Å². The van der Waals surface area contributed by atoms with Crippen LogP contribution in [0.15, 0.2) is 0 Å². The van der Waals surface area contributed by atoms with Crippen molar-refractivity contribution < 1.29 is 20.4 Å². The molecule has 4 aliphatic rings. The van der Waals surface area contributed by atoms with Gasteiger partial charge in [0.1, 0.15) is 18.3 Å². The molecular formula is C14H26N2O4. The molecule has 20 heavy (non-hydrogen) atoms. The number of hydrogen-bond acceptors (Lipinski definition) is 6. The van der Waals surface area contributed by atoms with E-state index >= 15 is 0 Å². The van der Waals surface area contributed by atoms with Crippen molar-refractivity contribution in [3.05, 3.63) is 0 Å². The Balaban J connectivity index is 1.80. The molecule has 0 aliphatic carbocycles. The van der Waals surface area contributed by atoms with Gasteiger partial charge in [0.25, 0.3) is 0 Å². The normalized spacial score (nSPS) is 51.0. The fourth-order valence-corrected chi connectivity index (χ4v) is 4.98. The van der Waals surface area contributed by atoms with Gasteiger partial charge in [0.05, 0.1) is 12.8 Å². The van der Waals surface area contributed by atoms with Crippen LogP contribution in [-0.4, -0.2) is 87.5 Å². The lowest BCUT2D eigenvalue weighted by atomic mass is 9.63. The molecule has 0 spiro atoms. The third kappa shape index (κ3) is 2.19. The summed E-state index contributed by atoms with van der Waals surface area (Å²) in [7, 11) is 0. The summed E-state index contributed by atoms with van der Waals surface area (Å²) in [6.45, 7) is 7.70. The highest BCUT2D eigenvalue weighted by Gasteiger charge is 2.58. The van der Waals surface area contributed by atoms with Gasteiger partial charge in [-0.15, -0.1) is 0 Å². The van der Waals surface area contributed by atoms with Gasteiger partial charge in [-0.05, 0) is 17.3 Å². The zero-order valence-corrected chi connectivity index (χ0v) is 12.2. The molecular weight excluding hydrogens is 260 g/mol. The van der Waals surface area contributed by atoms with E-state index in [-0.39, 0.29) is 17.0 Å². The third-order valence-corrected chi connectivity index (χ3v) is 5.18. The smallest absolute Gasteiger partial charge is 0.111 e. The molecule has 0 radical (unpaired) electrons. The minimum absolute atomic E-state index is 0.252. The molecule has 6 nitrogen and oxygen atoms in total. The van der Waals surface area contributed by atoms with Crippen molar-refractivity contribution in [1.29, 1.82) is 0 Å². The van der Waals surface area contributed by atoms with Crippen molar-refractivity contribution in [3.8, 4) is 0 Å². The Morgan fingerprint density at radius 1 is 1.00 bits per heavy atom. The first-order valence-electron chi connectivity index (χ1n) is 7.40. The fourth-order valence-electron chi connectivity index (χ4n) is 4.98. The van der Waals surface area contributed by atoms with Gasteiger partial charge in [0.2, 0.25) is 0 Å². The molecule has 0 amide bonds. The second kappa shape index (κ2) is 4.63. The van der Waals surface area contributed by atoms with Gasteiger partial charge in [-0.1, -0.05) is 13.8 Å². The van der Waals surface area contributed by atoms with Gasteiger partial charge in [0, 0.05) is 26.2 Å². The monoisotopic (exact) mass is 286 g/mol. The van der Waals surface area contributed by atoms with Gasteiger partial charge in [-0.25, -0.2) is 0 Å². The third-order valence-electron chi connectivity index (χ3n) is 5.18. The van der Waals surface area contributed by atoms with Crippen molar-refractivity contribution >= 4 is 0 Å². The van der Waals surface area contributed by atoms with Crippen molar-refractivity contribution in [3.63, 3.8) is 0 Å². The Kier molecular flexibility index (Phi) is 3.40. The first-order valence-corrected chi connectivity index (χ1v) is 7.40. The van der Waals surface area contributed by atoms with Crippen molar-refractivity contribution in [2.75, 3.05) is 32.8 Å². The van der Waals surface area contributed by atoms with Crippen LogP contribution in [0.25, 0.3) is 0 Å². The molecule has 116 valence electrons. The molecule has 3 unspecified atom stereocenters. The maximum absolute atomic E-state index is 10.4. The highest BCUT2D eigenvalue weighted by molar-refractivity contribution is 5.09. The zero-order chi connectivity index (χ0) is 14.7. The van der Waals surface area contributed by atoms with E-state index in [1.54, 1.807) is 0 Å². The van der Waals surface area contributed by atoms with Gasteiger partial charge in [0.15, 0.2) is 0 Å². The highest BCUT2D eigenvalue weighted by atomic mass is 16.4. The predicted octanol–water partition coefficient (Wildman–Crippen LogP) is -1.56. The molecule has 0 saturated carbocycles. The van der Waals surface area contributed by atoms with Gasteiger partial charge < -0.3 is 20.4 Å². The van der Waals surface area contributed by atoms with Gasteiger partial charge in [-0.2, -0.15) is 0 Å². The van der Waals surface area contributed by atoms with Crippen LogP contribution in [0.2, 0.25) is 0 Å². The summed E-state index contributed by atoms with van der Waals surface area (Å²) in [6.07, 6.45) is -2.73. The molecule has 0 aromatic rings. The molecule has 4 saturated heterocycles. The molecule has 4 bridgehead atoms. The lowest BCUT2D eigenvalue weighted by Crippen LogP contribution is -2.77. The van der Waals surface area contributed by atoms with E-state index in [9.17, 15) is 15.3 Å². The molecule has 4 rings (SSSR count). The summed E-state index contributed by atoms with van der Waals surface area (Å²) >= 11 is 0. The molecule has 4 aliphatic heterocycles. The maximum atomic E-state index is 10.4. The SMILES string of the molecule is CC12CN3CC(C)(CN(C1)C3C(O)C(O)C(O)CO)C2. The number of hydrogen-bond donors (Lipinski definition) is 4. The van der Waals surface area contributed by atoms with Crippen LogP contribution in [0.5, 0.6) is 0 Å². The van der Waals surface area contributed by atoms with E-state index in [1.807, 2.05) is 0 Å². The van der Waals surface area contributed by atoms with Gasteiger partial charge in [-0.3, -0.25) is 9.80 Å². The topological polar surface area (TPSA) is 87.4 Å². The Morgan fingerprint density at radius 3 is 1.85 bits per heavy atom. The van der Waals surface area contributed by atoms with E-state index in [1.165, 1.54) is 6.42 Å². The standard InChI is InChI=1S/C14H26N2O4/c1-13-4-14(2)7-15(5-13)12(16(6-13)8-14)11(20)10(19)9(18)3-17/h9-12,17-20H,3-8H2,1-2H3. The highest BCUT2D eigenvalue weighted by Crippen LogP contribution is 2.51. The molecule has 3 atom stereocenters. The zero-order valence-electron chi connectivity index (χ0n) is 12.2. The van der Waals surface area contributed by atoms with E-state index in [0.717, 1.165) is 26.2 Å². The van der Waals surface area contributed by atoms with E-state index in [2.05, 4.69) is 23.6 Å². The van der Waals surface area contributed by atoms with Crippen molar-refractivity contribution in [2.24, 2.45) is 10.8 Å². The minimum Gasteiger partial charge on any atom is -0.394 e. The largest absolute Gasteiger partial charge is 0.394 e. The average Bonchev–Trinajstić information content (AvgIpc) is 2.32. The maximum Gasteiger partial charge on any atom is 0.111 e. The van der Waals surface area contributed by atoms with E-state index in [4.69, 9.17) is 5.11 Å². The average molecular weight is 286 g/mol. The lowest BCUT2D eigenvalue weighted by Gasteiger charge is -2.67. The van der Waals surface area contributed by atoms with Crippen LogP contribution < -0.4 is 0 Å². The summed E-state index contributed by atoms with van der Waals surface area (Å²) in [5, 5.41) is 38.9. The predicted molar refractivity (Wildman–Crippen MR) is 72.9 cm³/mol. The Bertz CT molecular complexity index is 355. The second-order valence-corrected chi connectivity index (χ2v) is 7.75. The molecule has 0 aromatic heterocycles. The quantitative estimate of drug-likeness (QED) is 0.500. The number of aliphatic hydroxyl groups is 4. The lowest BCUT2D eigenvalue weighted by molar-refractivity contribution is -0.235. The first-order chi connectivity index (χ1) is 9.27. The first kappa shape index (κ1) is 14.7. The minimum atomic E-state index is -1.32. The summed E-state index contributed by atoms with van der Waals surface area (Å²) in [6, 6.07) is 0. The number of rotatable bonds is 4. The van der Waals surface area contributed by atoms with Crippen molar-refractivity contribution in [1.82, 2.24) is 9.80 Å². The number of nitrogens with zero attached hydrogens (tertiary/aromatic N) is 2.